The standard InChI is InChI=1S/C23H31N5O2.2ClH/c1-16-5-6-19(30-12-10-24)18(13-16)21(29)28-11-4-8-23(15-28)9-7-17-14-25-22(27(2)3)26-20(17)23;;/h5-6,13-14H,4,7-12,15,24H2,1-3H3;2*1H. The van der Waals surface area contributed by atoms with Gasteiger partial charge in [0.05, 0.1) is 11.3 Å². The van der Waals surface area contributed by atoms with E-state index in [1.807, 2.05) is 55.2 Å². The zero-order valence-corrected chi connectivity index (χ0v) is 20.6. The van der Waals surface area contributed by atoms with E-state index >= 15 is 0 Å². The molecule has 0 saturated carbocycles. The van der Waals surface area contributed by atoms with Crippen LogP contribution in [0.3, 0.4) is 0 Å². The molecule has 1 aromatic heterocycles. The highest BCUT2D eigenvalue weighted by atomic mass is 35.5. The summed E-state index contributed by atoms with van der Waals surface area (Å²) in [6.07, 6.45) is 5.98. The molecule has 32 heavy (non-hydrogen) atoms. The number of anilines is 1. The molecule has 2 aromatic rings. The number of aryl methyl sites for hydroxylation is 2. The minimum atomic E-state index is -0.0843. The molecule has 4 rings (SSSR count). The van der Waals surface area contributed by atoms with Crippen LogP contribution in [0.2, 0.25) is 0 Å². The predicted molar refractivity (Wildman–Crippen MR) is 132 cm³/mol. The largest absolute Gasteiger partial charge is 0.491 e. The third kappa shape index (κ3) is 4.95. The summed E-state index contributed by atoms with van der Waals surface area (Å²) in [5.74, 6) is 1.37. The lowest BCUT2D eigenvalue weighted by molar-refractivity contribution is 0.0629. The molecule has 1 amide bonds. The van der Waals surface area contributed by atoms with E-state index in [4.69, 9.17) is 15.5 Å². The van der Waals surface area contributed by atoms with Crippen molar-refractivity contribution in [1.82, 2.24) is 14.9 Å². The monoisotopic (exact) mass is 481 g/mol. The summed E-state index contributed by atoms with van der Waals surface area (Å²) in [7, 11) is 3.92. The second-order valence-corrected chi connectivity index (χ2v) is 8.69. The Bertz CT molecular complexity index is 952. The summed E-state index contributed by atoms with van der Waals surface area (Å²) in [6.45, 7) is 4.25. The maximum absolute atomic E-state index is 13.5. The fraction of sp³-hybridized carbons (Fsp3) is 0.522. The molecule has 0 radical (unpaired) electrons. The molecule has 2 heterocycles. The zero-order valence-electron chi connectivity index (χ0n) is 19.0. The lowest BCUT2D eigenvalue weighted by atomic mass is 9.77. The average Bonchev–Trinajstić information content (AvgIpc) is 3.09. The van der Waals surface area contributed by atoms with E-state index in [0.717, 1.165) is 49.4 Å². The van der Waals surface area contributed by atoms with Crippen LogP contribution in [0, 0.1) is 6.92 Å². The van der Waals surface area contributed by atoms with Gasteiger partial charge in [0.25, 0.3) is 5.91 Å². The maximum Gasteiger partial charge on any atom is 0.257 e. The highest BCUT2D eigenvalue weighted by Gasteiger charge is 2.45. The average molecular weight is 482 g/mol. The molecule has 2 N–H and O–H groups in total. The van der Waals surface area contributed by atoms with Gasteiger partial charge < -0.3 is 20.3 Å². The Morgan fingerprint density at radius 1 is 1.28 bits per heavy atom. The third-order valence-corrected chi connectivity index (χ3v) is 6.23. The van der Waals surface area contributed by atoms with E-state index in [2.05, 4.69) is 4.98 Å². The number of fused-ring (bicyclic) bond motifs is 2. The molecular formula is C23H33Cl2N5O2. The Balaban J connectivity index is 0.00000181. The van der Waals surface area contributed by atoms with E-state index in [1.165, 1.54) is 5.56 Å². The number of nitrogens with zero attached hydrogens (tertiary/aromatic N) is 4. The number of aromatic nitrogens is 2. The molecule has 9 heteroatoms. The molecule has 1 fully saturated rings. The van der Waals surface area contributed by atoms with Crippen molar-refractivity contribution in [2.24, 2.45) is 5.73 Å². The summed E-state index contributed by atoms with van der Waals surface area (Å²) in [5.41, 5.74) is 9.52. The van der Waals surface area contributed by atoms with E-state index in [0.29, 0.717) is 31.0 Å². The quantitative estimate of drug-likeness (QED) is 0.705. The van der Waals surface area contributed by atoms with Crippen molar-refractivity contribution in [3.8, 4) is 5.75 Å². The van der Waals surface area contributed by atoms with Crippen LogP contribution in [0.1, 0.15) is 46.4 Å². The van der Waals surface area contributed by atoms with Gasteiger partial charge in [0, 0.05) is 45.3 Å². The number of hydrogen-bond acceptors (Lipinski definition) is 6. The number of benzene rings is 1. The van der Waals surface area contributed by atoms with Crippen LogP contribution in [-0.4, -0.2) is 61.1 Å². The Labute approximate surface area is 202 Å². The highest BCUT2D eigenvalue weighted by Crippen LogP contribution is 2.44. The van der Waals surface area contributed by atoms with Gasteiger partial charge in [0.1, 0.15) is 12.4 Å². The van der Waals surface area contributed by atoms with Crippen LogP contribution in [-0.2, 0) is 11.8 Å². The smallest absolute Gasteiger partial charge is 0.257 e. The van der Waals surface area contributed by atoms with Crippen LogP contribution in [0.25, 0.3) is 0 Å². The van der Waals surface area contributed by atoms with E-state index < -0.39 is 0 Å². The number of piperidine rings is 1. The van der Waals surface area contributed by atoms with Crippen molar-refractivity contribution in [3.63, 3.8) is 0 Å². The Morgan fingerprint density at radius 3 is 2.78 bits per heavy atom. The number of rotatable bonds is 5. The third-order valence-electron chi connectivity index (χ3n) is 6.23. The van der Waals surface area contributed by atoms with E-state index in [-0.39, 0.29) is 36.1 Å². The lowest BCUT2D eigenvalue weighted by Gasteiger charge is -2.40. The van der Waals surface area contributed by atoms with Gasteiger partial charge in [0.15, 0.2) is 0 Å². The Kier molecular flexibility index (Phi) is 8.74. The predicted octanol–water partition coefficient (Wildman–Crippen LogP) is 3.15. The molecule has 1 unspecified atom stereocenters. The second kappa shape index (κ2) is 10.7. The van der Waals surface area contributed by atoms with Crippen molar-refractivity contribution >= 4 is 36.7 Å². The topological polar surface area (TPSA) is 84.6 Å². The second-order valence-electron chi connectivity index (χ2n) is 8.69. The molecule has 1 spiro atoms. The number of nitrogens with two attached hydrogens (primary N) is 1. The highest BCUT2D eigenvalue weighted by molar-refractivity contribution is 5.97. The molecule has 1 atom stereocenters. The molecule has 1 aliphatic carbocycles. The molecule has 1 aliphatic heterocycles. The number of hydrogen-bond donors (Lipinski definition) is 1. The number of likely N-dealkylation sites (tertiary alicyclic amines) is 1. The van der Waals surface area contributed by atoms with Crippen molar-refractivity contribution in [2.45, 2.75) is 38.0 Å². The van der Waals surface area contributed by atoms with Crippen LogP contribution in [0.4, 0.5) is 5.95 Å². The van der Waals surface area contributed by atoms with Gasteiger partial charge in [-0.1, -0.05) is 11.6 Å². The van der Waals surface area contributed by atoms with Gasteiger partial charge in [-0.15, -0.1) is 24.8 Å². The summed E-state index contributed by atoms with van der Waals surface area (Å²) in [4.78, 5) is 26.9. The van der Waals surface area contributed by atoms with E-state index in [9.17, 15) is 4.79 Å². The number of carbonyl (C=O) groups is 1. The van der Waals surface area contributed by atoms with E-state index in [1.54, 1.807) is 0 Å². The Morgan fingerprint density at radius 2 is 2.06 bits per heavy atom. The molecule has 2 aliphatic rings. The summed E-state index contributed by atoms with van der Waals surface area (Å²) >= 11 is 0. The number of halogens is 2. The molecule has 1 saturated heterocycles. The number of carbonyl (C=O) groups excluding carboxylic acids is 1. The minimum Gasteiger partial charge on any atom is -0.491 e. The van der Waals surface area contributed by atoms with Crippen LogP contribution in [0.15, 0.2) is 24.4 Å². The fourth-order valence-corrected chi connectivity index (χ4v) is 4.73. The van der Waals surface area contributed by atoms with Gasteiger partial charge in [-0.25, -0.2) is 9.97 Å². The maximum atomic E-state index is 13.5. The molecule has 7 nitrogen and oxygen atoms in total. The van der Waals surface area contributed by atoms with Crippen molar-refractivity contribution in [3.05, 3.63) is 46.8 Å². The van der Waals surface area contributed by atoms with Gasteiger partial charge >= 0.3 is 0 Å². The van der Waals surface area contributed by atoms with Gasteiger partial charge in [-0.2, -0.15) is 0 Å². The molecular weight excluding hydrogens is 449 g/mol. The lowest BCUT2D eigenvalue weighted by Crippen LogP contribution is -2.48. The first-order valence-corrected chi connectivity index (χ1v) is 10.7. The first-order chi connectivity index (χ1) is 14.4. The molecule has 0 bridgehead atoms. The number of ether oxygens (including phenoxy) is 1. The van der Waals surface area contributed by atoms with Crippen LogP contribution >= 0.6 is 24.8 Å². The summed E-state index contributed by atoms with van der Waals surface area (Å²) < 4.78 is 5.77. The Hall–Kier alpha value is -2.09. The summed E-state index contributed by atoms with van der Waals surface area (Å²) in [5, 5.41) is 0. The fourth-order valence-electron chi connectivity index (χ4n) is 4.73. The van der Waals surface area contributed by atoms with Gasteiger partial charge in [-0.05, 0) is 50.3 Å². The normalized spacial score (nSPS) is 19.1. The SMILES string of the molecule is Cc1ccc(OCCN)c(C(=O)N2CCCC3(CCc4cnc(N(C)C)nc43)C2)c1.Cl.Cl. The molecule has 176 valence electrons. The van der Waals surface area contributed by atoms with Gasteiger partial charge in [-0.3, -0.25) is 4.79 Å². The van der Waals surface area contributed by atoms with Gasteiger partial charge in [0.2, 0.25) is 5.95 Å². The first kappa shape index (κ1) is 26.2. The van der Waals surface area contributed by atoms with Crippen molar-refractivity contribution in [2.75, 3.05) is 45.2 Å². The minimum absolute atomic E-state index is 0. The van der Waals surface area contributed by atoms with Crippen LogP contribution < -0.4 is 15.4 Å². The number of amides is 1. The van der Waals surface area contributed by atoms with Crippen LogP contribution in [0.5, 0.6) is 5.75 Å². The summed E-state index contributed by atoms with van der Waals surface area (Å²) in [6, 6.07) is 5.76. The van der Waals surface area contributed by atoms with Crippen molar-refractivity contribution < 1.29 is 9.53 Å². The first-order valence-electron chi connectivity index (χ1n) is 10.7. The van der Waals surface area contributed by atoms with Crippen molar-refractivity contribution in [1.29, 1.82) is 0 Å². The molecule has 1 aromatic carbocycles. The zero-order chi connectivity index (χ0) is 21.3.